The lowest BCUT2D eigenvalue weighted by atomic mass is 10.1. The SMILES string of the molecule is CC(c1nc2c([nH]1)CN(C(=O)O)CC2)c1nc2ccc(N=C(N)N)cc2[nH]1. The van der Waals surface area contributed by atoms with E-state index < -0.39 is 6.09 Å². The van der Waals surface area contributed by atoms with Crippen molar-refractivity contribution in [3.63, 3.8) is 0 Å². The quantitative estimate of drug-likeness (QED) is 0.346. The molecule has 0 saturated carbocycles. The van der Waals surface area contributed by atoms with E-state index in [2.05, 4.69) is 24.9 Å². The van der Waals surface area contributed by atoms with Gasteiger partial charge in [-0.05, 0) is 25.1 Å². The summed E-state index contributed by atoms with van der Waals surface area (Å²) in [6, 6.07) is 5.47. The van der Waals surface area contributed by atoms with Crippen molar-refractivity contribution in [2.75, 3.05) is 6.54 Å². The van der Waals surface area contributed by atoms with Crippen LogP contribution in [0.3, 0.4) is 0 Å². The average Bonchev–Trinajstić information content (AvgIpc) is 3.23. The van der Waals surface area contributed by atoms with Gasteiger partial charge in [0.25, 0.3) is 0 Å². The van der Waals surface area contributed by atoms with Crippen LogP contribution in [0.2, 0.25) is 0 Å². The number of benzene rings is 1. The Morgan fingerprint density at radius 2 is 2.07 bits per heavy atom. The van der Waals surface area contributed by atoms with Crippen molar-refractivity contribution in [3.05, 3.63) is 41.2 Å². The summed E-state index contributed by atoms with van der Waals surface area (Å²) in [5.41, 5.74) is 14.9. The normalized spacial score (nSPS) is 14.8. The Hall–Kier alpha value is -3.56. The molecule has 1 atom stereocenters. The van der Waals surface area contributed by atoms with Crippen molar-refractivity contribution in [1.82, 2.24) is 24.8 Å². The summed E-state index contributed by atoms with van der Waals surface area (Å²) in [5, 5.41) is 9.17. The molecular weight excluding hydrogens is 348 g/mol. The molecule has 0 radical (unpaired) electrons. The minimum absolute atomic E-state index is 0.000900. The fourth-order valence-electron chi connectivity index (χ4n) is 3.25. The molecule has 3 aromatic rings. The van der Waals surface area contributed by atoms with Crippen LogP contribution >= 0.6 is 0 Å². The number of carboxylic acid groups (broad SMARTS) is 1. The third-order valence-corrected chi connectivity index (χ3v) is 4.68. The Morgan fingerprint density at radius 1 is 1.30 bits per heavy atom. The van der Waals surface area contributed by atoms with E-state index in [-0.39, 0.29) is 11.9 Å². The molecule has 1 unspecified atom stereocenters. The summed E-state index contributed by atoms with van der Waals surface area (Å²) in [6.45, 7) is 2.78. The number of H-pyrrole nitrogens is 2. The molecule has 1 amide bonds. The van der Waals surface area contributed by atoms with E-state index in [1.807, 2.05) is 19.1 Å². The number of guanidine groups is 1. The van der Waals surface area contributed by atoms with Gasteiger partial charge >= 0.3 is 6.09 Å². The van der Waals surface area contributed by atoms with E-state index in [1.165, 1.54) is 4.90 Å². The summed E-state index contributed by atoms with van der Waals surface area (Å²) < 4.78 is 0. The summed E-state index contributed by atoms with van der Waals surface area (Å²) in [4.78, 5) is 32.4. The zero-order valence-corrected chi connectivity index (χ0v) is 14.7. The fourth-order valence-corrected chi connectivity index (χ4v) is 3.25. The zero-order chi connectivity index (χ0) is 19.1. The number of carbonyl (C=O) groups is 1. The minimum atomic E-state index is -0.918. The van der Waals surface area contributed by atoms with Crippen molar-refractivity contribution < 1.29 is 9.90 Å². The van der Waals surface area contributed by atoms with Crippen LogP contribution in [0.1, 0.15) is 35.9 Å². The second kappa shape index (κ2) is 6.31. The van der Waals surface area contributed by atoms with Gasteiger partial charge in [-0.15, -0.1) is 0 Å². The largest absolute Gasteiger partial charge is 0.465 e. The highest BCUT2D eigenvalue weighted by atomic mass is 16.4. The van der Waals surface area contributed by atoms with E-state index in [0.717, 1.165) is 34.1 Å². The molecule has 1 aliphatic heterocycles. The van der Waals surface area contributed by atoms with Gasteiger partial charge in [-0.1, -0.05) is 0 Å². The average molecular weight is 368 g/mol. The van der Waals surface area contributed by atoms with Crippen LogP contribution < -0.4 is 11.5 Å². The van der Waals surface area contributed by atoms with Crippen LogP contribution in [0.5, 0.6) is 0 Å². The molecule has 1 aromatic carbocycles. The molecule has 0 bridgehead atoms. The van der Waals surface area contributed by atoms with Crippen molar-refractivity contribution in [1.29, 1.82) is 0 Å². The van der Waals surface area contributed by atoms with E-state index in [9.17, 15) is 4.79 Å². The molecule has 4 rings (SSSR count). The zero-order valence-electron chi connectivity index (χ0n) is 14.7. The molecule has 7 N–H and O–H groups in total. The Labute approximate surface area is 154 Å². The molecule has 3 heterocycles. The van der Waals surface area contributed by atoms with Gasteiger partial charge < -0.3 is 31.4 Å². The standard InChI is InChI=1S/C17H20N8O2/c1-8(15-22-11-4-5-25(17(26)27)7-13(11)24-15)14-21-10-3-2-9(20-16(18)19)6-12(10)23-14/h2-3,6,8H,4-5,7H2,1H3,(H,21,23)(H,22,24)(H,26,27)(H4,18,19,20). The Balaban J connectivity index is 1.62. The molecule has 2 aromatic heterocycles. The number of nitrogens with one attached hydrogen (secondary N) is 2. The molecular formula is C17H20N8O2. The summed E-state index contributed by atoms with van der Waals surface area (Å²) in [6.07, 6.45) is -0.314. The molecule has 0 saturated heterocycles. The van der Waals surface area contributed by atoms with Crippen LogP contribution in [0, 0.1) is 0 Å². The van der Waals surface area contributed by atoms with Crippen molar-refractivity contribution in [2.45, 2.75) is 25.8 Å². The number of amides is 1. The minimum Gasteiger partial charge on any atom is -0.465 e. The maximum atomic E-state index is 11.2. The monoisotopic (exact) mass is 368 g/mol. The highest BCUT2D eigenvalue weighted by Crippen LogP contribution is 2.27. The fraction of sp³-hybridized carbons (Fsp3) is 0.294. The van der Waals surface area contributed by atoms with Crippen LogP contribution in [0.15, 0.2) is 23.2 Å². The van der Waals surface area contributed by atoms with Gasteiger partial charge in [0.05, 0.1) is 40.6 Å². The maximum absolute atomic E-state index is 11.2. The third-order valence-electron chi connectivity index (χ3n) is 4.68. The number of rotatable bonds is 3. The van der Waals surface area contributed by atoms with Gasteiger partial charge in [-0.25, -0.2) is 19.8 Å². The van der Waals surface area contributed by atoms with Crippen molar-refractivity contribution in [3.8, 4) is 0 Å². The Kier molecular flexibility index (Phi) is 3.94. The summed E-state index contributed by atoms with van der Waals surface area (Å²) in [5.74, 6) is 1.41. The lowest BCUT2D eigenvalue weighted by molar-refractivity contribution is 0.139. The number of aromatic nitrogens is 4. The molecule has 27 heavy (non-hydrogen) atoms. The van der Waals surface area contributed by atoms with E-state index in [4.69, 9.17) is 16.6 Å². The molecule has 10 nitrogen and oxygen atoms in total. The first-order valence-corrected chi connectivity index (χ1v) is 8.55. The van der Waals surface area contributed by atoms with E-state index >= 15 is 0 Å². The first-order chi connectivity index (χ1) is 12.9. The first-order valence-electron chi connectivity index (χ1n) is 8.55. The number of imidazole rings is 2. The van der Waals surface area contributed by atoms with E-state index in [1.54, 1.807) is 6.07 Å². The van der Waals surface area contributed by atoms with Crippen LogP contribution in [-0.4, -0.2) is 48.5 Å². The molecule has 1 aliphatic rings. The summed E-state index contributed by atoms with van der Waals surface area (Å²) >= 11 is 0. The number of aromatic amines is 2. The number of aliphatic imine (C=N–C) groups is 1. The third kappa shape index (κ3) is 3.16. The number of nitrogens with two attached hydrogens (primary N) is 2. The molecule has 0 spiro atoms. The number of hydrogen-bond donors (Lipinski definition) is 5. The van der Waals surface area contributed by atoms with E-state index in [0.29, 0.717) is 25.2 Å². The Morgan fingerprint density at radius 3 is 2.81 bits per heavy atom. The van der Waals surface area contributed by atoms with Crippen LogP contribution in [-0.2, 0) is 13.0 Å². The van der Waals surface area contributed by atoms with Crippen LogP contribution in [0.25, 0.3) is 11.0 Å². The second-order valence-corrected chi connectivity index (χ2v) is 6.58. The molecule has 0 aliphatic carbocycles. The highest BCUT2D eigenvalue weighted by molar-refractivity contribution is 5.83. The van der Waals surface area contributed by atoms with Crippen molar-refractivity contribution >= 4 is 28.8 Å². The summed E-state index contributed by atoms with van der Waals surface area (Å²) in [7, 11) is 0. The van der Waals surface area contributed by atoms with Crippen molar-refractivity contribution in [2.24, 2.45) is 16.5 Å². The first kappa shape index (κ1) is 16.9. The van der Waals surface area contributed by atoms with Crippen LogP contribution in [0.4, 0.5) is 10.5 Å². The van der Waals surface area contributed by atoms with Gasteiger partial charge in [-0.3, -0.25) is 0 Å². The van der Waals surface area contributed by atoms with Gasteiger partial charge in [0.15, 0.2) is 5.96 Å². The lowest BCUT2D eigenvalue weighted by Crippen LogP contribution is -2.34. The highest BCUT2D eigenvalue weighted by Gasteiger charge is 2.25. The molecule has 140 valence electrons. The number of hydrogen-bond acceptors (Lipinski definition) is 4. The topological polar surface area (TPSA) is 162 Å². The Bertz CT molecular complexity index is 1050. The van der Waals surface area contributed by atoms with Gasteiger partial charge in [0.2, 0.25) is 0 Å². The van der Waals surface area contributed by atoms with Gasteiger partial charge in [0, 0.05) is 13.0 Å². The molecule has 0 fully saturated rings. The molecule has 10 heteroatoms. The maximum Gasteiger partial charge on any atom is 0.407 e. The second-order valence-electron chi connectivity index (χ2n) is 6.58. The van der Waals surface area contributed by atoms with Gasteiger partial charge in [-0.2, -0.15) is 0 Å². The number of nitrogens with zero attached hydrogens (tertiary/aromatic N) is 4. The lowest BCUT2D eigenvalue weighted by Gasteiger charge is -2.22. The predicted octanol–water partition coefficient (Wildman–Crippen LogP) is 1.38. The smallest absolute Gasteiger partial charge is 0.407 e. The van der Waals surface area contributed by atoms with Gasteiger partial charge in [0.1, 0.15) is 11.6 Å². The predicted molar refractivity (Wildman–Crippen MR) is 99.8 cm³/mol. The number of fused-ring (bicyclic) bond motifs is 2.